The van der Waals surface area contributed by atoms with E-state index >= 15 is 0 Å². The Kier molecular flexibility index (Phi) is 7.81. The molecule has 2 fully saturated rings. The Bertz CT molecular complexity index is 1010. The number of piperazine rings is 1. The lowest BCUT2D eigenvalue weighted by Crippen LogP contribution is -2.56. The number of hydrogen-bond acceptors (Lipinski definition) is 5. The van der Waals surface area contributed by atoms with Crippen molar-refractivity contribution < 1.29 is 9.53 Å². The molecule has 2 unspecified atom stereocenters. The molecule has 2 atom stereocenters. The minimum Gasteiger partial charge on any atom is -0.383 e. The zero-order chi connectivity index (χ0) is 23.4. The van der Waals surface area contributed by atoms with Crippen LogP contribution in [0.3, 0.4) is 0 Å². The van der Waals surface area contributed by atoms with E-state index in [0.29, 0.717) is 24.4 Å². The number of benzene rings is 1. The van der Waals surface area contributed by atoms with Crippen LogP contribution in [0.15, 0.2) is 29.1 Å². The van der Waals surface area contributed by atoms with Crippen LogP contribution < -0.4 is 5.56 Å². The average molecular weight is 455 g/mol. The summed E-state index contributed by atoms with van der Waals surface area (Å²) in [5.41, 5.74) is 0.731. The topological polar surface area (TPSA) is 67.7 Å². The largest absolute Gasteiger partial charge is 0.383 e. The normalized spacial score (nSPS) is 21.4. The second kappa shape index (κ2) is 10.8. The van der Waals surface area contributed by atoms with E-state index in [-0.39, 0.29) is 23.6 Å². The number of rotatable bonds is 7. The van der Waals surface area contributed by atoms with Gasteiger partial charge in [-0.15, -0.1) is 0 Å². The van der Waals surface area contributed by atoms with Gasteiger partial charge in [-0.1, -0.05) is 38.3 Å². The fourth-order valence-corrected chi connectivity index (χ4v) is 5.62. The van der Waals surface area contributed by atoms with Crippen molar-refractivity contribution in [1.82, 2.24) is 19.4 Å². The van der Waals surface area contributed by atoms with Crippen molar-refractivity contribution in [2.75, 3.05) is 33.4 Å². The van der Waals surface area contributed by atoms with Crippen molar-refractivity contribution in [2.24, 2.45) is 5.92 Å². The number of carbonyl (C=O) groups is 1. The maximum Gasteiger partial charge on any atom is 0.261 e. The molecule has 2 aliphatic rings. The SMILES string of the molecule is CCC(c1nc2ccccc2c(=O)n1CCOC)N1CCN(C(=O)C2CCCCC2)C(C)C1. The maximum absolute atomic E-state index is 13.3. The van der Waals surface area contributed by atoms with E-state index in [1.807, 2.05) is 24.3 Å². The summed E-state index contributed by atoms with van der Waals surface area (Å²) in [6.45, 7) is 7.58. The molecule has 0 spiro atoms. The monoisotopic (exact) mass is 454 g/mol. The summed E-state index contributed by atoms with van der Waals surface area (Å²) in [6, 6.07) is 7.74. The third kappa shape index (κ3) is 4.99. The first kappa shape index (κ1) is 23.9. The molecule has 1 amide bonds. The highest BCUT2D eigenvalue weighted by molar-refractivity contribution is 5.79. The number of amides is 1. The van der Waals surface area contributed by atoms with Crippen LogP contribution >= 0.6 is 0 Å². The number of aromatic nitrogens is 2. The van der Waals surface area contributed by atoms with Crippen molar-refractivity contribution in [1.29, 1.82) is 0 Å². The lowest BCUT2D eigenvalue weighted by molar-refractivity contribution is -0.141. The summed E-state index contributed by atoms with van der Waals surface area (Å²) in [5, 5.41) is 0.642. The number of hydrogen-bond donors (Lipinski definition) is 0. The van der Waals surface area contributed by atoms with Crippen LogP contribution in [0.25, 0.3) is 10.9 Å². The molecule has 33 heavy (non-hydrogen) atoms. The minimum atomic E-state index is -0.00902. The third-order valence-corrected chi connectivity index (χ3v) is 7.43. The highest BCUT2D eigenvalue weighted by atomic mass is 16.5. The Morgan fingerprint density at radius 1 is 1.18 bits per heavy atom. The molecule has 0 N–H and O–H groups in total. The molecule has 7 heteroatoms. The average Bonchev–Trinajstić information content (AvgIpc) is 2.84. The van der Waals surface area contributed by atoms with Gasteiger partial charge in [-0.25, -0.2) is 4.98 Å². The standard InChI is InChI=1S/C26H38N4O3/c1-4-23(24-27-22-13-9-8-12-21(22)26(32)30(24)16-17-33-3)28-14-15-29(19(2)18-28)25(31)20-10-6-5-7-11-20/h8-9,12-13,19-20,23H,4-7,10-11,14-18H2,1-3H3. The molecule has 1 aliphatic heterocycles. The fraction of sp³-hybridized carbons (Fsp3) is 0.654. The van der Waals surface area contributed by atoms with E-state index in [9.17, 15) is 9.59 Å². The van der Waals surface area contributed by atoms with Crippen LogP contribution in [-0.4, -0.2) is 64.7 Å². The molecule has 1 saturated heterocycles. The van der Waals surface area contributed by atoms with Gasteiger partial charge in [-0.05, 0) is 38.3 Å². The third-order valence-electron chi connectivity index (χ3n) is 7.43. The molecule has 1 aliphatic carbocycles. The van der Waals surface area contributed by atoms with E-state index < -0.39 is 0 Å². The van der Waals surface area contributed by atoms with Crippen LogP contribution in [-0.2, 0) is 16.1 Å². The first-order chi connectivity index (χ1) is 16.0. The molecular formula is C26H38N4O3. The molecule has 0 radical (unpaired) electrons. The Labute approximate surface area is 196 Å². The van der Waals surface area contributed by atoms with Crippen molar-refractivity contribution in [3.05, 3.63) is 40.4 Å². The van der Waals surface area contributed by atoms with Crippen LogP contribution in [0.1, 0.15) is 64.2 Å². The summed E-state index contributed by atoms with van der Waals surface area (Å²) in [4.78, 5) is 36.0. The lowest BCUT2D eigenvalue weighted by Gasteiger charge is -2.44. The number of carbonyl (C=O) groups excluding carboxylic acids is 1. The van der Waals surface area contributed by atoms with Gasteiger partial charge in [0.2, 0.25) is 5.91 Å². The van der Waals surface area contributed by atoms with Gasteiger partial charge < -0.3 is 9.64 Å². The van der Waals surface area contributed by atoms with Crippen molar-refractivity contribution in [3.63, 3.8) is 0 Å². The molecule has 1 aromatic carbocycles. The van der Waals surface area contributed by atoms with Crippen LogP contribution in [0, 0.1) is 5.92 Å². The molecule has 4 rings (SSSR count). The molecule has 1 aromatic heterocycles. The zero-order valence-corrected chi connectivity index (χ0v) is 20.3. The maximum atomic E-state index is 13.3. The number of methoxy groups -OCH3 is 1. The fourth-order valence-electron chi connectivity index (χ4n) is 5.62. The second-order valence-electron chi connectivity index (χ2n) is 9.57. The van der Waals surface area contributed by atoms with Crippen molar-refractivity contribution in [3.8, 4) is 0 Å². The Morgan fingerprint density at radius 2 is 1.94 bits per heavy atom. The van der Waals surface area contributed by atoms with Gasteiger partial charge >= 0.3 is 0 Å². The molecule has 7 nitrogen and oxygen atoms in total. The molecule has 180 valence electrons. The zero-order valence-electron chi connectivity index (χ0n) is 20.3. The Morgan fingerprint density at radius 3 is 2.64 bits per heavy atom. The number of nitrogens with zero attached hydrogens (tertiary/aromatic N) is 4. The molecule has 1 saturated carbocycles. The second-order valence-corrected chi connectivity index (χ2v) is 9.57. The smallest absolute Gasteiger partial charge is 0.261 e. The van der Waals surface area contributed by atoms with Gasteiger partial charge in [0.15, 0.2) is 0 Å². The summed E-state index contributed by atoms with van der Waals surface area (Å²) >= 11 is 0. The van der Waals surface area contributed by atoms with E-state index in [1.165, 1.54) is 19.3 Å². The highest BCUT2D eigenvalue weighted by Crippen LogP contribution is 2.30. The first-order valence-corrected chi connectivity index (χ1v) is 12.6. The van der Waals surface area contributed by atoms with Gasteiger partial charge in [0.05, 0.1) is 30.1 Å². The molecule has 0 bridgehead atoms. The first-order valence-electron chi connectivity index (χ1n) is 12.6. The summed E-state index contributed by atoms with van der Waals surface area (Å²) in [7, 11) is 1.65. The van der Waals surface area contributed by atoms with Gasteiger partial charge in [0, 0.05) is 38.7 Å². The number of fused-ring (bicyclic) bond motifs is 1. The lowest BCUT2D eigenvalue weighted by atomic mass is 9.87. The quantitative estimate of drug-likeness (QED) is 0.639. The van der Waals surface area contributed by atoms with Crippen LogP contribution in [0.5, 0.6) is 0 Å². The summed E-state index contributed by atoms with van der Waals surface area (Å²) in [5.74, 6) is 1.35. The van der Waals surface area contributed by atoms with Gasteiger partial charge in [-0.3, -0.25) is 19.1 Å². The summed E-state index contributed by atoms with van der Waals surface area (Å²) in [6.07, 6.45) is 6.53. The highest BCUT2D eigenvalue weighted by Gasteiger charge is 2.35. The van der Waals surface area contributed by atoms with E-state index in [2.05, 4.69) is 23.6 Å². The van der Waals surface area contributed by atoms with Crippen LogP contribution in [0.2, 0.25) is 0 Å². The molecule has 2 aromatic rings. The van der Waals surface area contributed by atoms with Crippen molar-refractivity contribution >= 4 is 16.8 Å². The Hall–Kier alpha value is -2.25. The van der Waals surface area contributed by atoms with E-state index in [1.54, 1.807) is 11.7 Å². The van der Waals surface area contributed by atoms with Gasteiger partial charge in [0.1, 0.15) is 5.82 Å². The Balaban J connectivity index is 1.58. The van der Waals surface area contributed by atoms with E-state index in [4.69, 9.17) is 9.72 Å². The van der Waals surface area contributed by atoms with Gasteiger partial charge in [-0.2, -0.15) is 0 Å². The predicted octanol–water partition coefficient (Wildman–Crippen LogP) is 3.61. The van der Waals surface area contributed by atoms with Crippen LogP contribution in [0.4, 0.5) is 0 Å². The van der Waals surface area contributed by atoms with E-state index in [0.717, 1.165) is 50.2 Å². The number of ether oxygens (including phenoxy) is 1. The minimum absolute atomic E-state index is 0.00902. The predicted molar refractivity (Wildman–Crippen MR) is 130 cm³/mol. The summed E-state index contributed by atoms with van der Waals surface area (Å²) < 4.78 is 7.09. The molecular weight excluding hydrogens is 416 g/mol. The van der Waals surface area contributed by atoms with Crippen molar-refractivity contribution in [2.45, 2.75) is 71.0 Å². The van der Waals surface area contributed by atoms with Gasteiger partial charge in [0.25, 0.3) is 5.56 Å². The number of para-hydroxylation sites is 1. The molecule has 2 heterocycles.